The molecule has 0 unspecified atom stereocenters. The Morgan fingerprint density at radius 3 is 2.81 bits per heavy atom. The predicted molar refractivity (Wildman–Crippen MR) is 86.1 cm³/mol. The first-order chi connectivity index (χ1) is 10.2. The van der Waals surface area contributed by atoms with Gasteiger partial charge in [-0.1, -0.05) is 26.0 Å². The Morgan fingerprint density at radius 1 is 1.33 bits per heavy atom. The van der Waals surface area contributed by atoms with E-state index in [1.54, 1.807) is 7.11 Å². The van der Waals surface area contributed by atoms with Gasteiger partial charge < -0.3 is 10.1 Å². The summed E-state index contributed by atoms with van der Waals surface area (Å²) in [7, 11) is 1.76. The average Bonchev–Trinajstić information content (AvgIpc) is 2.48. The van der Waals surface area contributed by atoms with Gasteiger partial charge >= 0.3 is 0 Å². The molecule has 0 bridgehead atoms. The fourth-order valence-corrected chi connectivity index (χ4v) is 2.47. The van der Waals surface area contributed by atoms with Crippen molar-refractivity contribution in [2.45, 2.75) is 39.4 Å². The molecule has 0 aromatic carbocycles. The molecular weight excluding hydrogens is 262 g/mol. The van der Waals surface area contributed by atoms with Crippen molar-refractivity contribution < 1.29 is 4.74 Å². The molecule has 0 spiro atoms. The van der Waals surface area contributed by atoms with Crippen molar-refractivity contribution in [3.8, 4) is 0 Å². The standard InChI is InChI=1S/C17H27N3O/c1-14(2)18-11-16-5-4-6-17(19-16)12-20-9-7-15(8-10-20)13-21-3/h4-7,14,18H,8-13H2,1-3H3. The van der Waals surface area contributed by atoms with Crippen LogP contribution in [0, 0.1) is 0 Å². The van der Waals surface area contributed by atoms with Gasteiger partial charge in [-0.25, -0.2) is 0 Å². The van der Waals surface area contributed by atoms with E-state index in [2.05, 4.69) is 48.3 Å². The van der Waals surface area contributed by atoms with Crippen LogP contribution >= 0.6 is 0 Å². The molecule has 4 heteroatoms. The van der Waals surface area contributed by atoms with Crippen LogP contribution in [-0.2, 0) is 17.8 Å². The molecule has 4 nitrogen and oxygen atoms in total. The second kappa shape index (κ2) is 8.27. The highest BCUT2D eigenvalue weighted by Gasteiger charge is 2.12. The minimum absolute atomic E-state index is 0.488. The maximum atomic E-state index is 5.19. The van der Waals surface area contributed by atoms with Crippen LogP contribution in [0.25, 0.3) is 0 Å². The van der Waals surface area contributed by atoms with Gasteiger partial charge in [-0.15, -0.1) is 0 Å². The Hall–Kier alpha value is -1.23. The smallest absolute Gasteiger partial charge is 0.0673 e. The Morgan fingerprint density at radius 2 is 2.14 bits per heavy atom. The van der Waals surface area contributed by atoms with Gasteiger partial charge in [0, 0.05) is 39.3 Å². The summed E-state index contributed by atoms with van der Waals surface area (Å²) in [5.41, 5.74) is 3.69. The van der Waals surface area contributed by atoms with E-state index in [9.17, 15) is 0 Å². The summed E-state index contributed by atoms with van der Waals surface area (Å²) >= 11 is 0. The lowest BCUT2D eigenvalue weighted by molar-refractivity contribution is 0.210. The SMILES string of the molecule is COCC1=CCN(Cc2cccc(CNC(C)C)n2)CC1. The lowest BCUT2D eigenvalue weighted by Gasteiger charge is -2.25. The molecule has 116 valence electrons. The third kappa shape index (κ3) is 5.58. The van der Waals surface area contributed by atoms with Gasteiger partial charge in [0.25, 0.3) is 0 Å². The molecule has 2 rings (SSSR count). The largest absolute Gasteiger partial charge is 0.380 e. The second-order valence-electron chi connectivity index (χ2n) is 5.94. The van der Waals surface area contributed by atoms with Crippen LogP contribution in [0.5, 0.6) is 0 Å². The zero-order valence-corrected chi connectivity index (χ0v) is 13.4. The van der Waals surface area contributed by atoms with Crippen LogP contribution in [0.15, 0.2) is 29.8 Å². The minimum Gasteiger partial charge on any atom is -0.380 e. The lowest BCUT2D eigenvalue weighted by Crippen LogP contribution is -2.29. The minimum atomic E-state index is 0.488. The Labute approximate surface area is 128 Å². The van der Waals surface area contributed by atoms with Gasteiger partial charge in [0.05, 0.1) is 18.0 Å². The van der Waals surface area contributed by atoms with E-state index in [1.807, 2.05) is 0 Å². The quantitative estimate of drug-likeness (QED) is 0.782. The molecule has 0 aliphatic carbocycles. The lowest BCUT2D eigenvalue weighted by atomic mass is 10.1. The summed E-state index contributed by atoms with van der Waals surface area (Å²) in [6, 6.07) is 6.80. The predicted octanol–water partition coefficient (Wildman–Crippen LogP) is 2.36. The monoisotopic (exact) mass is 289 g/mol. The van der Waals surface area contributed by atoms with Crippen LogP contribution in [0.3, 0.4) is 0 Å². The third-order valence-corrected chi connectivity index (χ3v) is 3.66. The number of nitrogens with one attached hydrogen (secondary N) is 1. The third-order valence-electron chi connectivity index (χ3n) is 3.66. The van der Waals surface area contributed by atoms with E-state index in [1.165, 1.54) is 5.57 Å². The van der Waals surface area contributed by atoms with Gasteiger partial charge in [0.2, 0.25) is 0 Å². The summed E-state index contributed by atoms with van der Waals surface area (Å²) in [5, 5.41) is 3.41. The van der Waals surface area contributed by atoms with Gasteiger partial charge in [0.1, 0.15) is 0 Å². The molecule has 1 aromatic rings. The summed E-state index contributed by atoms with van der Waals surface area (Å²) in [5.74, 6) is 0. The van der Waals surface area contributed by atoms with Crippen molar-refractivity contribution in [1.82, 2.24) is 15.2 Å². The fourth-order valence-electron chi connectivity index (χ4n) is 2.47. The van der Waals surface area contributed by atoms with Gasteiger partial charge in [-0.3, -0.25) is 9.88 Å². The van der Waals surface area contributed by atoms with Crippen molar-refractivity contribution in [2.75, 3.05) is 26.8 Å². The highest BCUT2D eigenvalue weighted by Crippen LogP contribution is 2.13. The van der Waals surface area contributed by atoms with Gasteiger partial charge in [-0.2, -0.15) is 0 Å². The summed E-state index contributed by atoms with van der Waals surface area (Å²) in [4.78, 5) is 7.18. The summed E-state index contributed by atoms with van der Waals surface area (Å²) in [6.07, 6.45) is 3.39. The number of rotatable bonds is 7. The number of hydrogen-bond acceptors (Lipinski definition) is 4. The molecule has 2 heterocycles. The Bertz CT molecular complexity index is 471. The molecule has 1 N–H and O–H groups in total. The normalized spacial score (nSPS) is 16.3. The van der Waals surface area contributed by atoms with E-state index < -0.39 is 0 Å². The zero-order valence-electron chi connectivity index (χ0n) is 13.4. The van der Waals surface area contributed by atoms with Crippen LogP contribution in [0.4, 0.5) is 0 Å². The van der Waals surface area contributed by atoms with Crippen molar-refractivity contribution >= 4 is 0 Å². The number of methoxy groups -OCH3 is 1. The molecule has 1 aromatic heterocycles. The molecule has 21 heavy (non-hydrogen) atoms. The summed E-state index contributed by atoms with van der Waals surface area (Å²) in [6.45, 7) is 8.92. The molecule has 1 aliphatic heterocycles. The van der Waals surface area contributed by atoms with Crippen LogP contribution < -0.4 is 5.32 Å². The maximum Gasteiger partial charge on any atom is 0.0673 e. The maximum absolute atomic E-state index is 5.19. The number of hydrogen-bond donors (Lipinski definition) is 1. The molecule has 0 radical (unpaired) electrons. The average molecular weight is 289 g/mol. The molecule has 0 saturated carbocycles. The van der Waals surface area contributed by atoms with E-state index in [0.29, 0.717) is 6.04 Å². The molecule has 0 atom stereocenters. The van der Waals surface area contributed by atoms with Crippen molar-refractivity contribution in [3.63, 3.8) is 0 Å². The zero-order chi connectivity index (χ0) is 15.1. The van der Waals surface area contributed by atoms with Crippen LogP contribution in [0.1, 0.15) is 31.7 Å². The fraction of sp³-hybridized carbons (Fsp3) is 0.588. The first kappa shape index (κ1) is 16.1. The molecule has 0 fully saturated rings. The Kier molecular flexibility index (Phi) is 6.36. The molecular formula is C17H27N3O. The first-order valence-electron chi connectivity index (χ1n) is 7.74. The van der Waals surface area contributed by atoms with E-state index in [4.69, 9.17) is 9.72 Å². The first-order valence-corrected chi connectivity index (χ1v) is 7.74. The van der Waals surface area contributed by atoms with Crippen molar-refractivity contribution in [3.05, 3.63) is 41.2 Å². The molecule has 0 saturated heterocycles. The number of nitrogens with zero attached hydrogens (tertiary/aromatic N) is 2. The van der Waals surface area contributed by atoms with Crippen LogP contribution in [-0.4, -0.2) is 42.7 Å². The van der Waals surface area contributed by atoms with Crippen molar-refractivity contribution in [2.24, 2.45) is 0 Å². The van der Waals surface area contributed by atoms with E-state index >= 15 is 0 Å². The second-order valence-corrected chi connectivity index (χ2v) is 5.94. The van der Waals surface area contributed by atoms with E-state index in [0.717, 1.165) is 50.6 Å². The summed E-state index contributed by atoms with van der Waals surface area (Å²) < 4.78 is 5.19. The van der Waals surface area contributed by atoms with Crippen molar-refractivity contribution in [1.29, 1.82) is 0 Å². The number of pyridine rings is 1. The number of ether oxygens (including phenoxy) is 1. The highest BCUT2D eigenvalue weighted by molar-refractivity contribution is 5.13. The highest BCUT2D eigenvalue weighted by atomic mass is 16.5. The molecule has 0 amide bonds. The topological polar surface area (TPSA) is 37.4 Å². The number of aromatic nitrogens is 1. The van der Waals surface area contributed by atoms with Gasteiger partial charge in [-0.05, 0) is 24.1 Å². The van der Waals surface area contributed by atoms with Gasteiger partial charge in [0.15, 0.2) is 0 Å². The van der Waals surface area contributed by atoms with E-state index in [-0.39, 0.29) is 0 Å². The Balaban J connectivity index is 1.87. The van der Waals surface area contributed by atoms with Crippen LogP contribution in [0.2, 0.25) is 0 Å². The molecule has 1 aliphatic rings.